The Morgan fingerprint density at radius 3 is 2.93 bits per heavy atom. The van der Waals surface area contributed by atoms with E-state index in [-0.39, 0.29) is 0 Å². The molecule has 1 aliphatic rings. The minimum Gasteiger partial charge on any atom is -0.356 e. The van der Waals surface area contributed by atoms with E-state index in [0.29, 0.717) is 11.2 Å². The van der Waals surface area contributed by atoms with Crippen molar-refractivity contribution >= 4 is 29.2 Å². The first-order valence-corrected chi connectivity index (χ1v) is 6.52. The van der Waals surface area contributed by atoms with Gasteiger partial charge >= 0.3 is 0 Å². The number of aromatic nitrogens is 2. The second-order valence-corrected chi connectivity index (χ2v) is 5.26. The molecule has 1 aliphatic heterocycles. The van der Waals surface area contributed by atoms with Gasteiger partial charge in [0.25, 0.3) is 0 Å². The number of halogens is 1. The highest BCUT2D eigenvalue weighted by Crippen LogP contribution is 2.25. The maximum atomic E-state index is 5.92. The Kier molecular flexibility index (Phi) is 3.36. The molecule has 0 radical (unpaired) electrons. The third-order valence-electron chi connectivity index (χ3n) is 2.61. The second-order valence-electron chi connectivity index (χ2n) is 3.72. The zero-order valence-corrected chi connectivity index (χ0v) is 10.5. The first-order chi connectivity index (χ1) is 7.16. The van der Waals surface area contributed by atoms with E-state index in [2.05, 4.69) is 21.9 Å². The Bertz CT molecular complexity index is 332. The van der Waals surface area contributed by atoms with Crippen LogP contribution in [-0.4, -0.2) is 34.6 Å². The van der Waals surface area contributed by atoms with Crippen molar-refractivity contribution < 1.29 is 0 Å². The zero-order chi connectivity index (χ0) is 10.8. The van der Waals surface area contributed by atoms with Gasteiger partial charge < -0.3 is 4.90 Å². The largest absolute Gasteiger partial charge is 0.356 e. The van der Waals surface area contributed by atoms with E-state index in [1.165, 1.54) is 17.9 Å². The molecule has 82 valence electrons. The molecule has 1 aromatic rings. The number of anilines is 1. The highest BCUT2D eigenvalue weighted by Gasteiger charge is 2.21. The third kappa shape index (κ3) is 2.55. The summed E-state index contributed by atoms with van der Waals surface area (Å²) in [5, 5.41) is 0.523. The van der Waals surface area contributed by atoms with Gasteiger partial charge in [0.15, 0.2) is 0 Å². The van der Waals surface area contributed by atoms with Crippen molar-refractivity contribution in [2.45, 2.75) is 19.4 Å². The van der Waals surface area contributed by atoms with Crippen LogP contribution in [0.3, 0.4) is 0 Å². The normalized spacial score (nSPS) is 20.6. The molecule has 0 bridgehead atoms. The van der Waals surface area contributed by atoms with Crippen LogP contribution in [0.4, 0.5) is 5.82 Å². The lowest BCUT2D eigenvalue weighted by atomic mass is 10.2. The molecular formula is C10H14ClN3S. The van der Waals surface area contributed by atoms with Crippen LogP contribution >= 0.6 is 23.4 Å². The molecule has 3 nitrogen and oxygen atoms in total. The number of nitrogens with zero attached hydrogens (tertiary/aromatic N) is 3. The molecule has 0 saturated carbocycles. The monoisotopic (exact) mass is 243 g/mol. The molecule has 1 atom stereocenters. The van der Waals surface area contributed by atoms with Crippen LogP contribution in [0, 0.1) is 6.92 Å². The van der Waals surface area contributed by atoms with Crippen molar-refractivity contribution in [1.82, 2.24) is 9.97 Å². The summed E-state index contributed by atoms with van der Waals surface area (Å²) in [5.41, 5.74) is 0. The average molecular weight is 244 g/mol. The summed E-state index contributed by atoms with van der Waals surface area (Å²) in [6.07, 6.45) is 1.22. The molecule has 0 N–H and O–H groups in total. The minimum atomic E-state index is 0.523. The van der Waals surface area contributed by atoms with Crippen LogP contribution in [0.15, 0.2) is 6.07 Å². The van der Waals surface area contributed by atoms with Gasteiger partial charge in [0.2, 0.25) is 0 Å². The molecule has 0 amide bonds. The number of aryl methyl sites for hydroxylation is 1. The number of hydrogen-bond acceptors (Lipinski definition) is 4. The van der Waals surface area contributed by atoms with Gasteiger partial charge in [-0.3, -0.25) is 0 Å². The number of thioether (sulfide) groups is 1. The van der Waals surface area contributed by atoms with Crippen LogP contribution in [0.5, 0.6) is 0 Å². The van der Waals surface area contributed by atoms with Gasteiger partial charge in [-0.2, -0.15) is 11.8 Å². The summed E-state index contributed by atoms with van der Waals surface area (Å²) in [6.45, 7) is 1.87. The van der Waals surface area contributed by atoms with Gasteiger partial charge in [-0.05, 0) is 19.1 Å². The smallest absolute Gasteiger partial charge is 0.134 e. The van der Waals surface area contributed by atoms with E-state index in [1.807, 2.05) is 24.8 Å². The van der Waals surface area contributed by atoms with Gasteiger partial charge in [0.05, 0.1) is 0 Å². The lowest BCUT2D eigenvalue weighted by molar-refractivity contribution is 0.689. The van der Waals surface area contributed by atoms with Crippen molar-refractivity contribution in [3.63, 3.8) is 0 Å². The molecule has 0 aromatic carbocycles. The van der Waals surface area contributed by atoms with E-state index >= 15 is 0 Å². The highest BCUT2D eigenvalue weighted by molar-refractivity contribution is 7.99. The third-order valence-corrected chi connectivity index (χ3v) is 3.95. The predicted molar refractivity (Wildman–Crippen MR) is 65.9 cm³/mol. The van der Waals surface area contributed by atoms with Gasteiger partial charge in [-0.25, -0.2) is 9.97 Å². The van der Waals surface area contributed by atoms with Crippen molar-refractivity contribution in [2.75, 3.05) is 23.5 Å². The lowest BCUT2D eigenvalue weighted by Gasteiger charge is -2.24. The molecular weight excluding hydrogens is 230 g/mol. The van der Waals surface area contributed by atoms with Crippen molar-refractivity contribution in [3.8, 4) is 0 Å². The Hall–Kier alpha value is -0.480. The molecule has 15 heavy (non-hydrogen) atoms. The highest BCUT2D eigenvalue weighted by atomic mass is 35.5. The molecule has 1 unspecified atom stereocenters. The summed E-state index contributed by atoms with van der Waals surface area (Å²) in [6, 6.07) is 2.41. The maximum absolute atomic E-state index is 5.92. The quantitative estimate of drug-likeness (QED) is 0.746. The maximum Gasteiger partial charge on any atom is 0.134 e. The minimum absolute atomic E-state index is 0.523. The van der Waals surface area contributed by atoms with Crippen LogP contribution in [0.25, 0.3) is 0 Å². The second kappa shape index (κ2) is 4.58. The van der Waals surface area contributed by atoms with Crippen molar-refractivity contribution in [1.29, 1.82) is 0 Å². The number of rotatable bonds is 2. The molecule has 1 fully saturated rings. The van der Waals surface area contributed by atoms with E-state index in [1.54, 1.807) is 0 Å². The Balaban J connectivity index is 2.20. The standard InChI is InChI=1S/C10H14ClN3S/c1-7-12-9(11)5-10(13-7)14(2)8-3-4-15-6-8/h5,8H,3-4,6H2,1-2H3. The summed E-state index contributed by atoms with van der Waals surface area (Å²) < 4.78 is 0. The SMILES string of the molecule is Cc1nc(Cl)cc(N(C)C2CCSC2)n1. The average Bonchev–Trinajstić information content (AvgIpc) is 2.67. The zero-order valence-electron chi connectivity index (χ0n) is 8.90. The van der Waals surface area contributed by atoms with Crippen LogP contribution in [-0.2, 0) is 0 Å². The first kappa shape index (κ1) is 11.0. The molecule has 2 heterocycles. The fourth-order valence-electron chi connectivity index (χ4n) is 1.71. The molecule has 2 rings (SSSR count). The van der Waals surface area contributed by atoms with Crippen LogP contribution in [0.2, 0.25) is 5.15 Å². The first-order valence-electron chi connectivity index (χ1n) is 4.98. The Morgan fingerprint density at radius 1 is 1.53 bits per heavy atom. The van der Waals surface area contributed by atoms with E-state index in [4.69, 9.17) is 11.6 Å². The molecule has 5 heteroatoms. The lowest BCUT2D eigenvalue weighted by Crippen LogP contribution is -2.32. The van der Waals surface area contributed by atoms with Crippen molar-refractivity contribution in [3.05, 3.63) is 17.0 Å². The van der Waals surface area contributed by atoms with Gasteiger partial charge in [0.1, 0.15) is 16.8 Å². The summed E-state index contributed by atoms with van der Waals surface area (Å²) in [5.74, 6) is 4.08. The predicted octanol–water partition coefficient (Wildman–Crippen LogP) is 2.38. The summed E-state index contributed by atoms with van der Waals surface area (Å²) in [7, 11) is 2.08. The van der Waals surface area contributed by atoms with Gasteiger partial charge in [-0.15, -0.1) is 0 Å². The van der Waals surface area contributed by atoms with Gasteiger partial charge in [-0.1, -0.05) is 11.6 Å². The van der Waals surface area contributed by atoms with Crippen LogP contribution in [0.1, 0.15) is 12.2 Å². The fraction of sp³-hybridized carbons (Fsp3) is 0.600. The Labute approximate surface area is 99.2 Å². The van der Waals surface area contributed by atoms with E-state index in [0.717, 1.165) is 11.6 Å². The number of hydrogen-bond donors (Lipinski definition) is 0. The van der Waals surface area contributed by atoms with Crippen LogP contribution < -0.4 is 4.90 Å². The Morgan fingerprint density at radius 2 is 2.33 bits per heavy atom. The molecule has 1 aromatic heterocycles. The van der Waals surface area contributed by atoms with Gasteiger partial charge in [0, 0.05) is 24.9 Å². The van der Waals surface area contributed by atoms with E-state index < -0.39 is 0 Å². The molecule has 0 spiro atoms. The molecule has 1 saturated heterocycles. The van der Waals surface area contributed by atoms with E-state index in [9.17, 15) is 0 Å². The summed E-state index contributed by atoms with van der Waals surface area (Å²) in [4.78, 5) is 10.7. The molecule has 0 aliphatic carbocycles. The fourth-order valence-corrected chi connectivity index (χ4v) is 3.20. The summed E-state index contributed by atoms with van der Waals surface area (Å²) >= 11 is 7.91. The van der Waals surface area contributed by atoms with Crippen molar-refractivity contribution in [2.24, 2.45) is 0 Å². The topological polar surface area (TPSA) is 29.0 Å².